The number of aryl methyl sites for hydroxylation is 2. The molecule has 5 rings (SSSR count). The molecule has 0 aliphatic rings. The van der Waals surface area contributed by atoms with Crippen LogP contribution < -0.4 is 5.32 Å². The van der Waals surface area contributed by atoms with Crippen LogP contribution >= 0.6 is 22.7 Å². The van der Waals surface area contributed by atoms with Gasteiger partial charge < -0.3 is 10.3 Å². The van der Waals surface area contributed by atoms with Gasteiger partial charge in [-0.25, -0.2) is 14.4 Å². The summed E-state index contributed by atoms with van der Waals surface area (Å²) < 4.78 is 15.2. The number of hydrogen-bond donors (Lipinski definition) is 2. The molecule has 1 aromatic carbocycles. The summed E-state index contributed by atoms with van der Waals surface area (Å²) in [4.78, 5) is 14.5. The molecule has 4 heterocycles. The molecule has 4 aromatic heterocycles. The van der Waals surface area contributed by atoms with E-state index in [2.05, 4.69) is 43.8 Å². The molecule has 0 unspecified atom stereocenters. The fourth-order valence-corrected chi connectivity index (χ4v) is 5.68. The van der Waals surface area contributed by atoms with Crippen LogP contribution in [0.1, 0.15) is 16.8 Å². The number of thiophene rings is 2. The second kappa shape index (κ2) is 7.24. The lowest BCUT2D eigenvalue weighted by molar-refractivity contribution is 0.637. The van der Waals surface area contributed by atoms with Gasteiger partial charge in [-0.2, -0.15) is 0 Å². The number of fused-ring (bicyclic) bond motifs is 2. The van der Waals surface area contributed by atoms with E-state index in [0.29, 0.717) is 12.1 Å². The Hall–Kier alpha value is -2.77. The fraction of sp³-hybridized carbons (Fsp3) is 0.182. The maximum absolute atomic E-state index is 14.2. The van der Waals surface area contributed by atoms with E-state index in [1.807, 2.05) is 19.9 Å². The summed E-state index contributed by atoms with van der Waals surface area (Å²) >= 11 is 3.43. The molecule has 4 nitrogen and oxygen atoms in total. The number of nitrogens with zero attached hydrogens (tertiary/aromatic N) is 2. The normalized spacial score (nSPS) is 11.6. The summed E-state index contributed by atoms with van der Waals surface area (Å²) in [5, 5.41) is 6.54. The molecule has 0 atom stereocenters. The summed E-state index contributed by atoms with van der Waals surface area (Å²) in [5.74, 6) is 0.647. The van der Waals surface area contributed by atoms with Crippen molar-refractivity contribution in [2.45, 2.75) is 20.3 Å². The second-order valence-electron chi connectivity index (χ2n) is 7.04. The predicted molar refractivity (Wildman–Crippen MR) is 121 cm³/mol. The summed E-state index contributed by atoms with van der Waals surface area (Å²) in [6.07, 6.45) is 2.39. The Labute approximate surface area is 175 Å². The standard InChI is InChI=1S/C22H19FN4S2/c1-12-5-6-15(23)20-19(12)14(13(2)27-20)7-8-24-22-21-16(25-11-26-22)10-18(29-21)17-4-3-9-28-17/h3-6,9-11,27H,7-8H2,1-2H3,(H,24,25,26). The van der Waals surface area contributed by atoms with Gasteiger partial charge in [0.15, 0.2) is 0 Å². The van der Waals surface area contributed by atoms with Gasteiger partial charge >= 0.3 is 0 Å². The molecule has 0 fully saturated rings. The Bertz CT molecular complexity index is 1320. The van der Waals surface area contributed by atoms with Crippen molar-refractivity contribution in [3.05, 3.63) is 64.7 Å². The number of rotatable bonds is 5. The highest BCUT2D eigenvalue weighted by molar-refractivity contribution is 7.26. The first-order chi connectivity index (χ1) is 14.1. The van der Waals surface area contributed by atoms with Crippen LogP contribution in [-0.4, -0.2) is 21.5 Å². The predicted octanol–water partition coefficient (Wildman–Crippen LogP) is 6.31. The van der Waals surface area contributed by atoms with E-state index in [1.165, 1.54) is 15.8 Å². The third-order valence-corrected chi connectivity index (χ3v) is 7.37. The molecular formula is C22H19FN4S2. The second-order valence-corrected chi connectivity index (χ2v) is 9.04. The highest BCUT2D eigenvalue weighted by Crippen LogP contribution is 2.37. The van der Waals surface area contributed by atoms with Gasteiger partial charge in [0.2, 0.25) is 0 Å². The number of aromatic amines is 1. The first kappa shape index (κ1) is 18.3. The minimum absolute atomic E-state index is 0.204. The molecule has 29 heavy (non-hydrogen) atoms. The molecule has 0 spiro atoms. The Morgan fingerprint density at radius 2 is 2.03 bits per heavy atom. The maximum Gasteiger partial charge on any atom is 0.147 e. The van der Waals surface area contributed by atoms with Crippen LogP contribution in [0, 0.1) is 19.7 Å². The van der Waals surface area contributed by atoms with Crippen molar-refractivity contribution >= 4 is 49.6 Å². The first-order valence-electron chi connectivity index (χ1n) is 9.40. The van der Waals surface area contributed by atoms with Crippen molar-refractivity contribution in [2.75, 3.05) is 11.9 Å². The zero-order valence-electron chi connectivity index (χ0n) is 16.0. The molecule has 0 bridgehead atoms. The van der Waals surface area contributed by atoms with Gasteiger partial charge in [0.1, 0.15) is 18.0 Å². The van der Waals surface area contributed by atoms with Crippen molar-refractivity contribution in [1.82, 2.24) is 15.0 Å². The number of H-pyrrole nitrogens is 1. The van der Waals surface area contributed by atoms with Gasteiger partial charge in [-0.15, -0.1) is 22.7 Å². The van der Waals surface area contributed by atoms with Crippen molar-refractivity contribution in [2.24, 2.45) is 0 Å². The molecule has 0 aliphatic carbocycles. The van der Waals surface area contributed by atoms with Crippen LogP contribution in [0.2, 0.25) is 0 Å². The topological polar surface area (TPSA) is 53.6 Å². The monoisotopic (exact) mass is 422 g/mol. The summed E-state index contributed by atoms with van der Waals surface area (Å²) in [6.45, 7) is 4.74. The quantitative estimate of drug-likeness (QED) is 0.349. The summed E-state index contributed by atoms with van der Waals surface area (Å²) in [7, 11) is 0. The third kappa shape index (κ3) is 3.20. The number of halogens is 1. The summed E-state index contributed by atoms with van der Waals surface area (Å²) in [5.41, 5.74) is 4.81. The van der Waals surface area contributed by atoms with E-state index in [0.717, 1.165) is 44.7 Å². The average Bonchev–Trinajstić information content (AvgIpc) is 3.44. The summed E-state index contributed by atoms with van der Waals surface area (Å²) in [6, 6.07) is 9.66. The molecule has 146 valence electrons. The number of nitrogens with one attached hydrogen (secondary N) is 2. The largest absolute Gasteiger partial charge is 0.368 e. The Morgan fingerprint density at radius 3 is 2.86 bits per heavy atom. The molecule has 7 heteroatoms. The van der Waals surface area contributed by atoms with E-state index in [1.54, 1.807) is 29.0 Å². The molecule has 2 N–H and O–H groups in total. The highest BCUT2D eigenvalue weighted by atomic mass is 32.1. The van der Waals surface area contributed by atoms with E-state index in [9.17, 15) is 4.39 Å². The van der Waals surface area contributed by atoms with Crippen LogP contribution in [0.3, 0.4) is 0 Å². The van der Waals surface area contributed by atoms with Crippen LogP contribution in [0.15, 0.2) is 42.0 Å². The van der Waals surface area contributed by atoms with Crippen molar-refractivity contribution in [3.63, 3.8) is 0 Å². The highest BCUT2D eigenvalue weighted by Gasteiger charge is 2.15. The average molecular weight is 423 g/mol. The minimum atomic E-state index is -0.204. The van der Waals surface area contributed by atoms with E-state index >= 15 is 0 Å². The molecule has 0 amide bonds. The van der Waals surface area contributed by atoms with Gasteiger partial charge in [0.25, 0.3) is 0 Å². The van der Waals surface area contributed by atoms with Crippen LogP contribution in [0.4, 0.5) is 10.2 Å². The zero-order chi connectivity index (χ0) is 20.0. The Kier molecular flexibility index (Phi) is 4.56. The zero-order valence-corrected chi connectivity index (χ0v) is 17.7. The number of anilines is 1. The Balaban J connectivity index is 1.41. The van der Waals surface area contributed by atoms with Gasteiger partial charge in [-0.05, 0) is 55.0 Å². The molecule has 0 aliphatic heterocycles. The number of benzene rings is 1. The van der Waals surface area contributed by atoms with Crippen molar-refractivity contribution in [1.29, 1.82) is 0 Å². The van der Waals surface area contributed by atoms with Crippen LogP contribution in [-0.2, 0) is 6.42 Å². The lowest BCUT2D eigenvalue weighted by Gasteiger charge is -2.07. The lowest BCUT2D eigenvalue weighted by Crippen LogP contribution is -2.07. The Morgan fingerprint density at radius 1 is 1.14 bits per heavy atom. The third-order valence-electron chi connectivity index (χ3n) is 5.17. The lowest BCUT2D eigenvalue weighted by atomic mass is 10.0. The number of hydrogen-bond acceptors (Lipinski definition) is 5. The van der Waals surface area contributed by atoms with Gasteiger partial charge in [0, 0.05) is 27.4 Å². The van der Waals surface area contributed by atoms with Crippen molar-refractivity contribution in [3.8, 4) is 9.75 Å². The van der Waals surface area contributed by atoms with E-state index in [-0.39, 0.29) is 5.82 Å². The molecule has 0 saturated carbocycles. The van der Waals surface area contributed by atoms with E-state index in [4.69, 9.17) is 0 Å². The van der Waals surface area contributed by atoms with Crippen LogP contribution in [0.25, 0.3) is 30.9 Å². The SMILES string of the molecule is Cc1[nH]c2c(F)ccc(C)c2c1CCNc1ncnc2cc(-c3cccs3)sc12. The van der Waals surface area contributed by atoms with Gasteiger partial charge in [-0.1, -0.05) is 12.1 Å². The van der Waals surface area contributed by atoms with Crippen LogP contribution in [0.5, 0.6) is 0 Å². The molecular weight excluding hydrogens is 403 g/mol. The smallest absolute Gasteiger partial charge is 0.147 e. The number of aromatic nitrogens is 3. The fourth-order valence-electron chi connectivity index (χ4n) is 3.78. The van der Waals surface area contributed by atoms with E-state index < -0.39 is 0 Å². The van der Waals surface area contributed by atoms with Gasteiger partial charge in [0.05, 0.1) is 15.7 Å². The maximum atomic E-state index is 14.2. The van der Waals surface area contributed by atoms with Gasteiger partial charge in [-0.3, -0.25) is 0 Å². The van der Waals surface area contributed by atoms with Crippen molar-refractivity contribution < 1.29 is 4.39 Å². The molecule has 0 radical (unpaired) electrons. The molecule has 5 aromatic rings. The minimum Gasteiger partial charge on any atom is -0.368 e. The molecule has 0 saturated heterocycles. The first-order valence-corrected chi connectivity index (χ1v) is 11.1.